The van der Waals surface area contributed by atoms with E-state index >= 15 is 0 Å². The minimum atomic E-state index is 0.329. The Morgan fingerprint density at radius 3 is 3.14 bits per heavy atom. The van der Waals surface area contributed by atoms with Gasteiger partial charge in [0.15, 0.2) is 0 Å². The van der Waals surface area contributed by atoms with E-state index in [4.69, 9.17) is 5.11 Å². The van der Waals surface area contributed by atoms with Crippen molar-refractivity contribution in [1.29, 1.82) is 0 Å². The molecule has 0 aliphatic carbocycles. The number of aliphatic hydroxyl groups is 1. The molecule has 2 aliphatic heterocycles. The molecule has 0 radical (unpaired) electrons. The van der Waals surface area contributed by atoms with Crippen molar-refractivity contribution in [2.24, 2.45) is 5.92 Å². The molecule has 0 saturated carbocycles. The molecule has 0 bridgehead atoms. The van der Waals surface area contributed by atoms with Crippen LogP contribution < -0.4 is 5.32 Å². The third-order valence-electron chi connectivity index (χ3n) is 3.94. The van der Waals surface area contributed by atoms with E-state index in [2.05, 4.69) is 17.3 Å². The summed E-state index contributed by atoms with van der Waals surface area (Å²) in [5.41, 5.74) is 0.329. The number of hydrogen-bond donors (Lipinski definition) is 2. The maximum absolute atomic E-state index is 9.07. The third kappa shape index (κ3) is 1.81. The second kappa shape index (κ2) is 4.17. The van der Waals surface area contributed by atoms with Gasteiger partial charge in [-0.25, -0.2) is 0 Å². The SMILES string of the molecule is CN1CCCC2(C1)NCCC2CCO. The van der Waals surface area contributed by atoms with Crippen LogP contribution in [-0.4, -0.2) is 48.8 Å². The summed E-state index contributed by atoms with van der Waals surface area (Å²) in [5.74, 6) is 0.690. The summed E-state index contributed by atoms with van der Waals surface area (Å²) in [5, 5.41) is 12.7. The molecular formula is C11H22N2O. The van der Waals surface area contributed by atoms with Crippen molar-refractivity contribution in [2.75, 3.05) is 33.3 Å². The maximum Gasteiger partial charge on any atom is 0.0434 e. The van der Waals surface area contributed by atoms with Crippen LogP contribution in [0.2, 0.25) is 0 Å². The second-order valence-electron chi connectivity index (χ2n) is 4.92. The number of aliphatic hydroxyl groups excluding tert-OH is 1. The molecule has 0 aromatic heterocycles. The zero-order chi connectivity index (χ0) is 10.0. The summed E-state index contributed by atoms with van der Waals surface area (Å²) in [6.45, 7) is 3.88. The number of likely N-dealkylation sites (tertiary alicyclic amines) is 1. The van der Waals surface area contributed by atoms with E-state index in [0.29, 0.717) is 18.1 Å². The fraction of sp³-hybridized carbons (Fsp3) is 1.00. The Labute approximate surface area is 86.5 Å². The largest absolute Gasteiger partial charge is 0.396 e. The first-order chi connectivity index (χ1) is 6.77. The molecule has 0 amide bonds. The Kier molecular flexibility index (Phi) is 3.10. The molecule has 2 saturated heterocycles. The number of hydrogen-bond acceptors (Lipinski definition) is 3. The van der Waals surface area contributed by atoms with E-state index in [0.717, 1.165) is 19.5 Å². The molecule has 2 fully saturated rings. The molecule has 14 heavy (non-hydrogen) atoms. The summed E-state index contributed by atoms with van der Waals surface area (Å²) in [6.07, 6.45) is 4.81. The highest BCUT2D eigenvalue weighted by Crippen LogP contribution is 2.36. The van der Waals surface area contributed by atoms with Gasteiger partial charge in [-0.15, -0.1) is 0 Å². The zero-order valence-electron chi connectivity index (χ0n) is 9.13. The van der Waals surface area contributed by atoms with Crippen LogP contribution in [0, 0.1) is 5.92 Å². The van der Waals surface area contributed by atoms with E-state index in [1.54, 1.807) is 0 Å². The topological polar surface area (TPSA) is 35.5 Å². The van der Waals surface area contributed by atoms with Crippen molar-refractivity contribution >= 4 is 0 Å². The van der Waals surface area contributed by atoms with Crippen LogP contribution >= 0.6 is 0 Å². The maximum atomic E-state index is 9.07. The molecule has 3 nitrogen and oxygen atoms in total. The van der Waals surface area contributed by atoms with Crippen molar-refractivity contribution in [1.82, 2.24) is 10.2 Å². The normalized spacial score (nSPS) is 39.4. The molecule has 2 N–H and O–H groups in total. The van der Waals surface area contributed by atoms with Crippen LogP contribution in [0.4, 0.5) is 0 Å². The van der Waals surface area contributed by atoms with E-state index in [1.807, 2.05) is 0 Å². The van der Waals surface area contributed by atoms with Crippen molar-refractivity contribution in [3.63, 3.8) is 0 Å². The molecule has 3 heteroatoms. The molecule has 2 unspecified atom stereocenters. The number of rotatable bonds is 2. The standard InChI is InChI=1S/C11H22N2O/c1-13-7-2-5-11(9-13)10(4-8-14)3-6-12-11/h10,12,14H,2-9H2,1H3. The molecule has 0 aromatic carbocycles. The average Bonchev–Trinajstić information content (AvgIpc) is 2.50. The van der Waals surface area contributed by atoms with Gasteiger partial charge in [-0.2, -0.15) is 0 Å². The van der Waals surface area contributed by atoms with E-state index in [1.165, 1.54) is 25.8 Å². The predicted molar refractivity (Wildman–Crippen MR) is 57.3 cm³/mol. The Balaban J connectivity index is 2.04. The lowest BCUT2D eigenvalue weighted by Crippen LogP contribution is -2.56. The number of piperidine rings is 1. The Bertz CT molecular complexity index is 198. The lowest BCUT2D eigenvalue weighted by molar-refractivity contribution is 0.107. The first-order valence-corrected chi connectivity index (χ1v) is 5.81. The molecular weight excluding hydrogens is 176 g/mol. The smallest absolute Gasteiger partial charge is 0.0434 e. The quantitative estimate of drug-likeness (QED) is 0.676. The van der Waals surface area contributed by atoms with Crippen molar-refractivity contribution < 1.29 is 5.11 Å². The predicted octanol–water partition coefficient (Wildman–Crippen LogP) is 0.443. The molecule has 2 aliphatic rings. The molecule has 2 rings (SSSR count). The van der Waals surface area contributed by atoms with Gasteiger partial charge in [0.25, 0.3) is 0 Å². The van der Waals surface area contributed by atoms with Gasteiger partial charge in [-0.3, -0.25) is 0 Å². The first-order valence-electron chi connectivity index (χ1n) is 5.81. The minimum Gasteiger partial charge on any atom is -0.396 e. The first kappa shape index (κ1) is 10.4. The monoisotopic (exact) mass is 198 g/mol. The van der Waals surface area contributed by atoms with E-state index < -0.39 is 0 Å². The van der Waals surface area contributed by atoms with Crippen LogP contribution in [0.5, 0.6) is 0 Å². The van der Waals surface area contributed by atoms with Crippen LogP contribution in [0.15, 0.2) is 0 Å². The summed E-state index contributed by atoms with van der Waals surface area (Å²) in [6, 6.07) is 0. The summed E-state index contributed by atoms with van der Waals surface area (Å²) in [4.78, 5) is 2.42. The van der Waals surface area contributed by atoms with Crippen LogP contribution in [0.25, 0.3) is 0 Å². The van der Waals surface area contributed by atoms with Crippen LogP contribution in [0.3, 0.4) is 0 Å². The highest BCUT2D eigenvalue weighted by Gasteiger charge is 2.43. The van der Waals surface area contributed by atoms with Gasteiger partial charge in [0.2, 0.25) is 0 Å². The lowest BCUT2D eigenvalue weighted by Gasteiger charge is -2.43. The van der Waals surface area contributed by atoms with Gasteiger partial charge in [-0.05, 0) is 51.7 Å². The van der Waals surface area contributed by atoms with Crippen LogP contribution in [-0.2, 0) is 0 Å². The summed E-state index contributed by atoms with van der Waals surface area (Å²) in [7, 11) is 2.21. The molecule has 2 heterocycles. The highest BCUT2D eigenvalue weighted by molar-refractivity contribution is 5.03. The van der Waals surface area contributed by atoms with Gasteiger partial charge in [0, 0.05) is 18.7 Å². The fourth-order valence-corrected chi connectivity index (χ4v) is 3.27. The molecule has 1 spiro atoms. The number of likely N-dealkylation sites (N-methyl/N-ethyl adjacent to an activating group) is 1. The van der Waals surface area contributed by atoms with Crippen LogP contribution in [0.1, 0.15) is 25.7 Å². The Morgan fingerprint density at radius 1 is 1.57 bits per heavy atom. The Morgan fingerprint density at radius 2 is 2.43 bits per heavy atom. The number of nitrogens with zero attached hydrogens (tertiary/aromatic N) is 1. The minimum absolute atomic E-state index is 0.329. The highest BCUT2D eigenvalue weighted by atomic mass is 16.3. The molecule has 0 aromatic rings. The van der Waals surface area contributed by atoms with E-state index in [-0.39, 0.29) is 0 Å². The second-order valence-corrected chi connectivity index (χ2v) is 4.92. The third-order valence-corrected chi connectivity index (χ3v) is 3.94. The van der Waals surface area contributed by atoms with Crippen molar-refractivity contribution in [3.05, 3.63) is 0 Å². The van der Waals surface area contributed by atoms with Gasteiger partial charge < -0.3 is 15.3 Å². The van der Waals surface area contributed by atoms with Crippen molar-refractivity contribution in [2.45, 2.75) is 31.2 Å². The molecule has 2 atom stereocenters. The van der Waals surface area contributed by atoms with Gasteiger partial charge in [-0.1, -0.05) is 0 Å². The van der Waals surface area contributed by atoms with Gasteiger partial charge >= 0.3 is 0 Å². The van der Waals surface area contributed by atoms with Gasteiger partial charge in [0.1, 0.15) is 0 Å². The average molecular weight is 198 g/mol. The van der Waals surface area contributed by atoms with Crippen molar-refractivity contribution in [3.8, 4) is 0 Å². The summed E-state index contributed by atoms with van der Waals surface area (Å²) < 4.78 is 0. The summed E-state index contributed by atoms with van der Waals surface area (Å²) >= 11 is 0. The number of nitrogens with one attached hydrogen (secondary N) is 1. The lowest BCUT2D eigenvalue weighted by atomic mass is 9.77. The fourth-order valence-electron chi connectivity index (χ4n) is 3.27. The zero-order valence-corrected chi connectivity index (χ0v) is 9.13. The van der Waals surface area contributed by atoms with E-state index in [9.17, 15) is 0 Å². The van der Waals surface area contributed by atoms with Gasteiger partial charge in [0.05, 0.1) is 0 Å². The Hall–Kier alpha value is -0.120. The molecule has 82 valence electrons.